The number of nitrogens with zero attached hydrogens (tertiary/aromatic N) is 2. The maximum absolute atomic E-state index is 4.67. The van der Waals surface area contributed by atoms with Crippen LogP contribution in [-0.2, 0) is 5.41 Å². The Kier molecular flexibility index (Phi) is 2.82. The zero-order valence-corrected chi connectivity index (χ0v) is 11.3. The molecule has 2 aromatic rings. The molecule has 0 amide bonds. The number of benzene rings is 1. The lowest BCUT2D eigenvalue weighted by Crippen LogP contribution is -2.16. The number of pyridine rings is 1. The predicted molar refractivity (Wildman–Crippen MR) is 74.8 cm³/mol. The molecule has 0 aliphatic heterocycles. The summed E-state index contributed by atoms with van der Waals surface area (Å²) in [5, 5.41) is 1.26. The van der Waals surface area contributed by atoms with Crippen molar-refractivity contribution >= 4 is 16.7 Å². The molecular formula is C15H20N2. The fraction of sp³-hybridized carbons (Fsp3) is 0.400. The van der Waals surface area contributed by atoms with E-state index < -0.39 is 0 Å². The highest BCUT2D eigenvalue weighted by atomic mass is 15.1. The Bertz CT molecular complexity index is 536. The quantitative estimate of drug-likeness (QED) is 0.741. The van der Waals surface area contributed by atoms with Crippen molar-refractivity contribution < 1.29 is 0 Å². The summed E-state index contributed by atoms with van der Waals surface area (Å²) in [5.74, 6) is 1.02. The van der Waals surface area contributed by atoms with Crippen LogP contribution in [0.2, 0.25) is 0 Å². The first kappa shape index (κ1) is 11.9. The zero-order valence-electron chi connectivity index (χ0n) is 11.3. The molecule has 0 fully saturated rings. The molecule has 0 aliphatic carbocycles. The van der Waals surface area contributed by atoms with E-state index in [2.05, 4.69) is 54.9 Å². The van der Waals surface area contributed by atoms with E-state index in [1.54, 1.807) is 0 Å². The second-order valence-corrected chi connectivity index (χ2v) is 5.69. The first-order valence-corrected chi connectivity index (χ1v) is 5.97. The van der Waals surface area contributed by atoms with Crippen LogP contribution in [0.25, 0.3) is 10.9 Å². The largest absolute Gasteiger partial charge is 0.363 e. The second-order valence-electron chi connectivity index (χ2n) is 5.69. The van der Waals surface area contributed by atoms with Crippen molar-refractivity contribution in [1.82, 2.24) is 4.98 Å². The molecule has 90 valence electrons. The number of rotatable bonds is 1. The maximum atomic E-state index is 4.67. The highest BCUT2D eigenvalue weighted by molar-refractivity contribution is 5.85. The third-order valence-corrected chi connectivity index (χ3v) is 2.97. The van der Waals surface area contributed by atoms with Crippen molar-refractivity contribution in [1.29, 1.82) is 0 Å². The highest BCUT2D eigenvalue weighted by Crippen LogP contribution is 2.31. The van der Waals surface area contributed by atoms with Crippen LogP contribution in [0.15, 0.2) is 30.3 Å². The van der Waals surface area contributed by atoms with Crippen LogP contribution in [0.1, 0.15) is 26.3 Å². The lowest BCUT2D eigenvalue weighted by Gasteiger charge is -2.23. The Morgan fingerprint density at radius 2 is 1.71 bits per heavy atom. The van der Waals surface area contributed by atoms with Crippen LogP contribution in [0.5, 0.6) is 0 Å². The molecule has 17 heavy (non-hydrogen) atoms. The van der Waals surface area contributed by atoms with Crippen molar-refractivity contribution in [2.45, 2.75) is 26.2 Å². The summed E-state index contributed by atoms with van der Waals surface area (Å²) in [5.41, 5.74) is 2.56. The lowest BCUT2D eigenvalue weighted by atomic mass is 9.85. The average molecular weight is 228 g/mol. The molecule has 0 unspecified atom stereocenters. The molecule has 0 atom stereocenters. The lowest BCUT2D eigenvalue weighted by molar-refractivity contribution is 0.595. The van der Waals surface area contributed by atoms with Gasteiger partial charge in [0.2, 0.25) is 0 Å². The molecule has 0 saturated heterocycles. The smallest absolute Gasteiger partial charge is 0.129 e. The van der Waals surface area contributed by atoms with Gasteiger partial charge >= 0.3 is 0 Å². The van der Waals surface area contributed by atoms with E-state index >= 15 is 0 Å². The Hall–Kier alpha value is -1.57. The van der Waals surface area contributed by atoms with Gasteiger partial charge in [-0.05, 0) is 23.1 Å². The van der Waals surface area contributed by atoms with Gasteiger partial charge in [0.05, 0.1) is 5.52 Å². The molecule has 0 N–H and O–H groups in total. The van der Waals surface area contributed by atoms with Gasteiger partial charge in [-0.2, -0.15) is 0 Å². The summed E-state index contributed by atoms with van der Waals surface area (Å²) < 4.78 is 0. The summed E-state index contributed by atoms with van der Waals surface area (Å²) in [6.07, 6.45) is 0. The third-order valence-electron chi connectivity index (χ3n) is 2.97. The van der Waals surface area contributed by atoms with Crippen molar-refractivity contribution in [3.8, 4) is 0 Å². The zero-order chi connectivity index (χ0) is 12.6. The molecule has 2 nitrogen and oxygen atoms in total. The van der Waals surface area contributed by atoms with Gasteiger partial charge in [0, 0.05) is 19.5 Å². The van der Waals surface area contributed by atoms with Crippen LogP contribution >= 0.6 is 0 Å². The van der Waals surface area contributed by atoms with Crippen molar-refractivity contribution in [3.63, 3.8) is 0 Å². The van der Waals surface area contributed by atoms with Crippen LogP contribution in [0.4, 0.5) is 5.82 Å². The van der Waals surface area contributed by atoms with Crippen molar-refractivity contribution in [2.75, 3.05) is 19.0 Å². The van der Waals surface area contributed by atoms with Gasteiger partial charge in [-0.3, -0.25) is 0 Å². The van der Waals surface area contributed by atoms with Crippen LogP contribution in [-0.4, -0.2) is 19.1 Å². The van der Waals surface area contributed by atoms with E-state index in [-0.39, 0.29) is 5.41 Å². The van der Waals surface area contributed by atoms with Crippen LogP contribution in [0, 0.1) is 0 Å². The summed E-state index contributed by atoms with van der Waals surface area (Å²) in [6.45, 7) is 6.73. The molecule has 2 heteroatoms. The van der Waals surface area contributed by atoms with E-state index in [1.807, 2.05) is 20.2 Å². The monoisotopic (exact) mass is 228 g/mol. The summed E-state index contributed by atoms with van der Waals surface area (Å²) in [4.78, 5) is 6.73. The van der Waals surface area contributed by atoms with E-state index in [4.69, 9.17) is 0 Å². The van der Waals surface area contributed by atoms with Gasteiger partial charge in [0.25, 0.3) is 0 Å². The van der Waals surface area contributed by atoms with Gasteiger partial charge in [-0.1, -0.05) is 39.0 Å². The fourth-order valence-electron chi connectivity index (χ4n) is 2.01. The summed E-state index contributed by atoms with van der Waals surface area (Å²) in [6, 6.07) is 10.6. The molecule has 0 aliphatic rings. The third kappa shape index (κ3) is 2.26. The number of aromatic nitrogens is 1. The van der Waals surface area contributed by atoms with Gasteiger partial charge in [-0.15, -0.1) is 0 Å². The molecule has 0 saturated carbocycles. The first-order valence-electron chi connectivity index (χ1n) is 5.97. The first-order chi connectivity index (χ1) is 7.89. The Morgan fingerprint density at radius 3 is 2.29 bits per heavy atom. The normalized spacial score (nSPS) is 11.8. The Balaban J connectivity index is 2.79. The highest BCUT2D eigenvalue weighted by Gasteiger charge is 2.18. The number of hydrogen-bond acceptors (Lipinski definition) is 2. The van der Waals surface area contributed by atoms with Gasteiger partial charge in [0.15, 0.2) is 0 Å². The number of anilines is 1. The van der Waals surface area contributed by atoms with Crippen molar-refractivity contribution in [2.24, 2.45) is 0 Å². The summed E-state index contributed by atoms with van der Waals surface area (Å²) >= 11 is 0. The average Bonchev–Trinajstić information content (AvgIpc) is 2.26. The molecule has 2 rings (SSSR count). The van der Waals surface area contributed by atoms with E-state index in [0.717, 1.165) is 11.3 Å². The van der Waals surface area contributed by atoms with Gasteiger partial charge in [0.1, 0.15) is 5.82 Å². The van der Waals surface area contributed by atoms with Gasteiger partial charge < -0.3 is 4.90 Å². The molecule has 1 heterocycles. The van der Waals surface area contributed by atoms with E-state index in [9.17, 15) is 0 Å². The number of para-hydroxylation sites is 1. The standard InChI is InChI=1S/C15H20N2/c1-15(2,3)12-10-14(17(4)5)16-13-9-7-6-8-11(12)13/h6-10H,1-5H3. The molecule has 0 spiro atoms. The van der Waals surface area contributed by atoms with Crippen LogP contribution < -0.4 is 4.90 Å². The fourth-order valence-corrected chi connectivity index (χ4v) is 2.01. The summed E-state index contributed by atoms with van der Waals surface area (Å²) in [7, 11) is 4.06. The van der Waals surface area contributed by atoms with Crippen LogP contribution in [0.3, 0.4) is 0 Å². The van der Waals surface area contributed by atoms with E-state index in [0.29, 0.717) is 0 Å². The molecule has 1 aromatic heterocycles. The molecule has 1 aromatic carbocycles. The molecule has 0 bridgehead atoms. The number of fused-ring (bicyclic) bond motifs is 1. The Morgan fingerprint density at radius 1 is 1.06 bits per heavy atom. The maximum Gasteiger partial charge on any atom is 0.129 e. The van der Waals surface area contributed by atoms with Gasteiger partial charge in [-0.25, -0.2) is 4.98 Å². The minimum absolute atomic E-state index is 0.132. The predicted octanol–water partition coefficient (Wildman–Crippen LogP) is 3.60. The molecular weight excluding hydrogens is 208 g/mol. The Labute approximate surface area is 103 Å². The second kappa shape index (κ2) is 4.02. The minimum atomic E-state index is 0.132. The minimum Gasteiger partial charge on any atom is -0.363 e. The topological polar surface area (TPSA) is 16.1 Å². The van der Waals surface area contributed by atoms with Crippen molar-refractivity contribution in [3.05, 3.63) is 35.9 Å². The SMILES string of the molecule is CN(C)c1cc(C(C)(C)C)c2ccccc2n1. The molecule has 0 radical (unpaired) electrons. The van der Waals surface area contributed by atoms with E-state index in [1.165, 1.54) is 10.9 Å². The number of hydrogen-bond donors (Lipinski definition) is 0.